The predicted molar refractivity (Wildman–Crippen MR) is 99.5 cm³/mol. The first-order chi connectivity index (χ1) is 12.1. The lowest BCUT2D eigenvalue weighted by Gasteiger charge is -2.45. The molecule has 4 rings (SSSR count). The molecule has 1 aliphatic carbocycles. The first-order valence-electron chi connectivity index (χ1n) is 8.92. The quantitative estimate of drug-likeness (QED) is 0.847. The fourth-order valence-electron chi connectivity index (χ4n) is 3.87. The van der Waals surface area contributed by atoms with Crippen LogP contribution in [0.15, 0.2) is 24.3 Å². The molecule has 1 saturated carbocycles. The van der Waals surface area contributed by atoms with Gasteiger partial charge in [-0.25, -0.2) is 4.98 Å². The topological polar surface area (TPSA) is 60.2 Å². The highest BCUT2D eigenvalue weighted by Gasteiger charge is 2.45. The maximum Gasteiger partial charge on any atom is 0.228 e. The van der Waals surface area contributed by atoms with E-state index in [2.05, 4.69) is 17.0 Å². The van der Waals surface area contributed by atoms with Gasteiger partial charge in [0, 0.05) is 20.1 Å². The van der Waals surface area contributed by atoms with Crippen LogP contribution in [0.1, 0.15) is 32.1 Å². The Morgan fingerprint density at radius 3 is 2.88 bits per heavy atom. The zero-order chi connectivity index (χ0) is 17.4. The standard InChI is InChI=1S/C19H22N4OS/c1-22(19(13-20)9-5-10-19)17(24)14-6-4-11-23(12-14)18-21-15-7-2-3-8-16(15)25-18/h2-3,7-8,14H,4-6,9-12H2,1H3/t14-/m1/s1. The Kier molecular flexibility index (Phi) is 4.12. The normalized spacial score (nSPS) is 22.2. The molecule has 2 fully saturated rings. The number of nitrogens with zero attached hydrogens (tertiary/aromatic N) is 4. The number of hydrogen-bond acceptors (Lipinski definition) is 5. The van der Waals surface area contributed by atoms with Crippen LogP contribution in [0.25, 0.3) is 10.2 Å². The van der Waals surface area contributed by atoms with Crippen molar-refractivity contribution in [2.45, 2.75) is 37.6 Å². The molecule has 1 atom stereocenters. The summed E-state index contributed by atoms with van der Waals surface area (Å²) in [5.41, 5.74) is 0.459. The summed E-state index contributed by atoms with van der Waals surface area (Å²) in [6.07, 6.45) is 4.53. The molecular weight excluding hydrogens is 332 g/mol. The van der Waals surface area contributed by atoms with Gasteiger partial charge in [0.2, 0.25) is 5.91 Å². The van der Waals surface area contributed by atoms with Gasteiger partial charge in [0.15, 0.2) is 5.13 Å². The Labute approximate surface area is 151 Å². The van der Waals surface area contributed by atoms with E-state index < -0.39 is 5.54 Å². The van der Waals surface area contributed by atoms with Crippen LogP contribution in [0.4, 0.5) is 5.13 Å². The minimum atomic E-state index is -0.560. The van der Waals surface area contributed by atoms with E-state index in [9.17, 15) is 10.1 Å². The van der Waals surface area contributed by atoms with Crippen molar-refractivity contribution >= 4 is 32.6 Å². The Morgan fingerprint density at radius 2 is 2.20 bits per heavy atom. The zero-order valence-corrected chi connectivity index (χ0v) is 15.3. The fraction of sp³-hybridized carbons (Fsp3) is 0.526. The molecule has 0 bridgehead atoms. The van der Waals surface area contributed by atoms with Crippen molar-refractivity contribution < 1.29 is 4.79 Å². The number of benzene rings is 1. The summed E-state index contributed by atoms with van der Waals surface area (Å²) in [5.74, 6) is 0.0728. The Bertz CT molecular complexity index is 802. The number of carbonyl (C=O) groups is 1. The lowest BCUT2D eigenvalue weighted by molar-refractivity contribution is -0.141. The lowest BCUT2D eigenvalue weighted by Crippen LogP contribution is -2.56. The molecule has 2 heterocycles. The first-order valence-corrected chi connectivity index (χ1v) is 9.74. The third-order valence-electron chi connectivity index (χ3n) is 5.69. The fourth-order valence-corrected chi connectivity index (χ4v) is 4.87. The van der Waals surface area contributed by atoms with Crippen LogP contribution in [0.2, 0.25) is 0 Å². The summed E-state index contributed by atoms with van der Waals surface area (Å²) in [4.78, 5) is 21.7. The van der Waals surface area contributed by atoms with E-state index >= 15 is 0 Å². The number of aromatic nitrogens is 1. The van der Waals surface area contributed by atoms with Gasteiger partial charge in [0.1, 0.15) is 5.54 Å². The molecule has 1 aliphatic heterocycles. The van der Waals surface area contributed by atoms with Crippen LogP contribution >= 0.6 is 11.3 Å². The van der Waals surface area contributed by atoms with Crippen LogP contribution in [0, 0.1) is 17.2 Å². The van der Waals surface area contributed by atoms with Gasteiger partial charge in [0.05, 0.1) is 22.2 Å². The van der Waals surface area contributed by atoms with E-state index in [-0.39, 0.29) is 11.8 Å². The molecule has 0 N–H and O–H groups in total. The van der Waals surface area contributed by atoms with Gasteiger partial charge in [-0.2, -0.15) is 5.26 Å². The number of amides is 1. The summed E-state index contributed by atoms with van der Waals surface area (Å²) >= 11 is 1.69. The molecule has 0 unspecified atom stereocenters. The molecule has 1 saturated heterocycles. The Morgan fingerprint density at radius 1 is 1.40 bits per heavy atom. The monoisotopic (exact) mass is 354 g/mol. The van der Waals surface area contributed by atoms with Crippen LogP contribution in [-0.2, 0) is 4.79 Å². The van der Waals surface area contributed by atoms with E-state index in [0.717, 1.165) is 49.3 Å². The second-order valence-corrected chi connectivity index (χ2v) is 8.15. The molecule has 25 heavy (non-hydrogen) atoms. The van der Waals surface area contributed by atoms with Gasteiger partial charge >= 0.3 is 0 Å². The molecule has 0 spiro atoms. The van der Waals surface area contributed by atoms with Gasteiger partial charge in [-0.1, -0.05) is 23.5 Å². The van der Waals surface area contributed by atoms with Gasteiger partial charge in [-0.05, 0) is 44.2 Å². The largest absolute Gasteiger partial charge is 0.347 e. The Balaban J connectivity index is 1.51. The third-order valence-corrected chi connectivity index (χ3v) is 6.78. The molecule has 1 amide bonds. The lowest BCUT2D eigenvalue weighted by atomic mass is 9.76. The molecule has 2 aromatic rings. The van der Waals surface area contributed by atoms with Crippen molar-refractivity contribution in [3.05, 3.63) is 24.3 Å². The smallest absolute Gasteiger partial charge is 0.228 e. The van der Waals surface area contributed by atoms with Crippen molar-refractivity contribution in [2.24, 2.45) is 5.92 Å². The van der Waals surface area contributed by atoms with Crippen molar-refractivity contribution in [3.63, 3.8) is 0 Å². The summed E-state index contributed by atoms with van der Waals surface area (Å²) in [6, 6.07) is 10.5. The molecule has 130 valence electrons. The van der Waals surface area contributed by atoms with Crippen LogP contribution in [0.3, 0.4) is 0 Å². The Hall–Kier alpha value is -2.13. The average molecular weight is 354 g/mol. The number of fused-ring (bicyclic) bond motifs is 1. The SMILES string of the molecule is CN(C(=O)[C@@H]1CCCN(c2nc3ccccc3s2)C1)C1(C#N)CCC1. The van der Waals surface area contributed by atoms with Crippen molar-refractivity contribution in [3.8, 4) is 6.07 Å². The molecular formula is C19H22N4OS. The molecule has 1 aromatic heterocycles. The maximum atomic E-state index is 13.0. The van der Waals surface area contributed by atoms with Gasteiger partial charge in [0.25, 0.3) is 0 Å². The molecule has 0 radical (unpaired) electrons. The second-order valence-electron chi connectivity index (χ2n) is 7.14. The van der Waals surface area contributed by atoms with Crippen molar-refractivity contribution in [2.75, 3.05) is 25.0 Å². The van der Waals surface area contributed by atoms with E-state index in [1.165, 1.54) is 4.70 Å². The predicted octanol–water partition coefficient (Wildman–Crippen LogP) is 3.42. The van der Waals surface area contributed by atoms with Crippen molar-refractivity contribution in [1.82, 2.24) is 9.88 Å². The summed E-state index contributed by atoms with van der Waals surface area (Å²) in [6.45, 7) is 1.64. The van der Waals surface area contributed by atoms with E-state index in [0.29, 0.717) is 6.54 Å². The number of hydrogen-bond donors (Lipinski definition) is 0. The van der Waals surface area contributed by atoms with Gasteiger partial charge in [-0.3, -0.25) is 4.79 Å². The minimum Gasteiger partial charge on any atom is -0.347 e. The number of anilines is 1. The van der Waals surface area contributed by atoms with Crippen LogP contribution in [0.5, 0.6) is 0 Å². The van der Waals surface area contributed by atoms with E-state index in [1.807, 2.05) is 18.2 Å². The third kappa shape index (κ3) is 2.77. The number of carbonyl (C=O) groups excluding carboxylic acids is 1. The van der Waals surface area contributed by atoms with Gasteiger partial charge < -0.3 is 9.80 Å². The summed E-state index contributed by atoms with van der Waals surface area (Å²) in [7, 11) is 1.81. The van der Waals surface area contributed by atoms with Crippen LogP contribution < -0.4 is 4.90 Å². The van der Waals surface area contributed by atoms with E-state index in [4.69, 9.17) is 4.98 Å². The molecule has 5 nitrogen and oxygen atoms in total. The summed E-state index contributed by atoms with van der Waals surface area (Å²) < 4.78 is 1.18. The highest BCUT2D eigenvalue weighted by molar-refractivity contribution is 7.22. The summed E-state index contributed by atoms with van der Waals surface area (Å²) in [5, 5.41) is 10.5. The first kappa shape index (κ1) is 16.3. The van der Waals surface area contributed by atoms with E-state index in [1.54, 1.807) is 23.3 Å². The zero-order valence-electron chi connectivity index (χ0n) is 14.4. The van der Waals surface area contributed by atoms with Gasteiger partial charge in [-0.15, -0.1) is 0 Å². The highest BCUT2D eigenvalue weighted by atomic mass is 32.1. The van der Waals surface area contributed by atoms with Crippen molar-refractivity contribution in [1.29, 1.82) is 5.26 Å². The average Bonchev–Trinajstić information content (AvgIpc) is 3.05. The molecule has 2 aliphatic rings. The maximum absolute atomic E-state index is 13.0. The molecule has 1 aromatic carbocycles. The minimum absolute atomic E-state index is 0.0448. The molecule has 6 heteroatoms. The number of piperidine rings is 1. The second kappa shape index (κ2) is 6.30. The number of para-hydroxylation sites is 1. The number of thiazole rings is 1. The van der Waals surface area contributed by atoms with Crippen LogP contribution in [-0.4, -0.2) is 41.5 Å². The highest BCUT2D eigenvalue weighted by Crippen LogP contribution is 2.38. The number of nitriles is 1. The number of rotatable bonds is 3.